The van der Waals surface area contributed by atoms with Crippen LogP contribution in [0.15, 0.2) is 48.8 Å². The Balaban J connectivity index is 1.61. The molecule has 0 saturated carbocycles. The Hall–Kier alpha value is -3.26. The second-order valence-corrected chi connectivity index (χ2v) is 8.19. The molecule has 1 unspecified atom stereocenters. The molecule has 4 aromatic rings. The van der Waals surface area contributed by atoms with Gasteiger partial charge in [0.15, 0.2) is 11.4 Å². The summed E-state index contributed by atoms with van der Waals surface area (Å²) in [5.74, 6) is -0.0791. The fourth-order valence-electron chi connectivity index (χ4n) is 3.16. The van der Waals surface area contributed by atoms with Gasteiger partial charge in [-0.3, -0.25) is 9.78 Å². The van der Waals surface area contributed by atoms with Crippen LogP contribution < -0.4 is 5.32 Å². The fourth-order valence-corrected chi connectivity index (χ4v) is 4.02. The van der Waals surface area contributed by atoms with Gasteiger partial charge in [-0.25, -0.2) is 14.4 Å². The maximum absolute atomic E-state index is 13.6. The van der Waals surface area contributed by atoms with Gasteiger partial charge in [-0.15, -0.1) is 11.3 Å². The first kappa shape index (κ1) is 20.0. The Morgan fingerprint density at radius 2 is 2.07 bits per heavy atom. The van der Waals surface area contributed by atoms with Gasteiger partial charge in [-0.2, -0.15) is 4.98 Å². The van der Waals surface area contributed by atoms with Gasteiger partial charge in [-0.1, -0.05) is 18.2 Å². The zero-order valence-electron chi connectivity index (χ0n) is 16.6. The average Bonchev–Trinajstić information content (AvgIpc) is 3.12. The summed E-state index contributed by atoms with van der Waals surface area (Å²) in [5, 5.41) is 3.99. The minimum atomic E-state index is -0.307. The normalized spacial score (nSPS) is 12.1. The van der Waals surface area contributed by atoms with Crippen molar-refractivity contribution in [3.05, 3.63) is 76.4 Å². The number of rotatable bonds is 7. The molecule has 3 heterocycles. The molecule has 3 aromatic heterocycles. The first-order valence-electron chi connectivity index (χ1n) is 9.59. The van der Waals surface area contributed by atoms with E-state index in [-0.39, 0.29) is 17.6 Å². The number of halogens is 1. The molecule has 0 saturated heterocycles. The van der Waals surface area contributed by atoms with Crippen molar-refractivity contribution in [1.29, 1.82) is 0 Å². The molecule has 4 rings (SSSR count). The van der Waals surface area contributed by atoms with Gasteiger partial charge >= 0.3 is 0 Å². The number of aromatic nitrogens is 4. The number of hydrogen-bond acceptors (Lipinski definition) is 7. The monoisotopic (exact) mass is 421 g/mol. The fraction of sp³-hybridized carbons (Fsp3) is 0.227. The zero-order chi connectivity index (χ0) is 21.1. The Bertz CT molecular complexity index is 1190. The van der Waals surface area contributed by atoms with Gasteiger partial charge in [0, 0.05) is 18.8 Å². The van der Waals surface area contributed by atoms with Crippen LogP contribution in [0.5, 0.6) is 0 Å². The maximum Gasteiger partial charge on any atom is 0.225 e. The minimum Gasteiger partial charge on any atom is -0.348 e. The number of benzene rings is 1. The third kappa shape index (κ3) is 4.49. The highest BCUT2D eigenvalue weighted by Gasteiger charge is 2.19. The summed E-state index contributed by atoms with van der Waals surface area (Å²) in [6.45, 7) is 3.76. The summed E-state index contributed by atoms with van der Waals surface area (Å²) < 4.78 is 14.2. The molecule has 0 bridgehead atoms. The number of ketones is 1. The SMILES string of the molecule is Cc1nc2nc(NC(C)c3cccc(F)c3)nc(C(=O)CCc3cccnc3)c2s1. The summed E-state index contributed by atoms with van der Waals surface area (Å²) >= 11 is 1.41. The molecule has 152 valence electrons. The second kappa shape index (κ2) is 8.62. The van der Waals surface area contributed by atoms with Crippen molar-refractivity contribution < 1.29 is 9.18 Å². The minimum absolute atomic E-state index is 0.0728. The number of nitrogens with one attached hydrogen (secondary N) is 1. The number of aryl methyl sites for hydroxylation is 2. The van der Waals surface area contributed by atoms with E-state index in [1.54, 1.807) is 18.5 Å². The smallest absolute Gasteiger partial charge is 0.225 e. The molecular weight excluding hydrogens is 401 g/mol. The molecule has 1 aromatic carbocycles. The molecule has 0 aliphatic heterocycles. The van der Waals surface area contributed by atoms with E-state index >= 15 is 0 Å². The molecule has 0 amide bonds. The van der Waals surface area contributed by atoms with Crippen LogP contribution in [-0.4, -0.2) is 25.7 Å². The number of hydrogen-bond donors (Lipinski definition) is 1. The van der Waals surface area contributed by atoms with Gasteiger partial charge in [0.25, 0.3) is 0 Å². The van der Waals surface area contributed by atoms with E-state index in [4.69, 9.17) is 0 Å². The molecule has 8 heteroatoms. The number of Topliss-reactive ketones (excluding diaryl/α,β-unsaturated/α-hetero) is 1. The lowest BCUT2D eigenvalue weighted by atomic mass is 10.1. The molecular formula is C22H20FN5OS. The molecule has 30 heavy (non-hydrogen) atoms. The van der Waals surface area contributed by atoms with E-state index in [1.807, 2.05) is 32.0 Å². The lowest BCUT2D eigenvalue weighted by Gasteiger charge is -2.15. The van der Waals surface area contributed by atoms with Crippen LogP contribution in [0.1, 0.15) is 46.0 Å². The van der Waals surface area contributed by atoms with Crippen LogP contribution in [0.3, 0.4) is 0 Å². The third-order valence-corrected chi connectivity index (χ3v) is 5.65. The second-order valence-electron chi connectivity index (χ2n) is 6.99. The number of carbonyl (C=O) groups is 1. The van der Waals surface area contributed by atoms with Gasteiger partial charge < -0.3 is 5.32 Å². The molecule has 0 spiro atoms. The summed E-state index contributed by atoms with van der Waals surface area (Å²) in [4.78, 5) is 30.5. The Kier molecular flexibility index (Phi) is 5.76. The lowest BCUT2D eigenvalue weighted by Crippen LogP contribution is -2.13. The topological polar surface area (TPSA) is 80.7 Å². The average molecular weight is 422 g/mol. The van der Waals surface area contributed by atoms with Crippen molar-refractivity contribution in [2.45, 2.75) is 32.7 Å². The van der Waals surface area contributed by atoms with Crippen molar-refractivity contribution in [3.8, 4) is 0 Å². The standard InChI is InChI=1S/C22H20FN5OS/c1-13(16-6-3-7-17(23)11-16)25-22-27-19(20-21(28-22)26-14(2)30-20)18(29)9-8-15-5-4-10-24-12-15/h3-7,10-13H,8-9H2,1-2H3,(H,25,27,28). The molecule has 0 radical (unpaired) electrons. The highest BCUT2D eigenvalue weighted by molar-refractivity contribution is 7.18. The number of thiazole rings is 1. The number of pyridine rings is 1. The molecule has 1 atom stereocenters. The number of fused-ring (bicyclic) bond motifs is 1. The van der Waals surface area contributed by atoms with Crippen molar-refractivity contribution in [3.63, 3.8) is 0 Å². The summed E-state index contributed by atoms with van der Waals surface area (Å²) in [6, 6.07) is 9.90. The van der Waals surface area contributed by atoms with E-state index in [2.05, 4.69) is 25.3 Å². The predicted octanol–water partition coefficient (Wildman–Crippen LogP) is 4.92. The maximum atomic E-state index is 13.6. The zero-order valence-corrected chi connectivity index (χ0v) is 17.4. The Morgan fingerprint density at radius 1 is 1.20 bits per heavy atom. The molecule has 6 nitrogen and oxygen atoms in total. The van der Waals surface area contributed by atoms with Crippen LogP contribution >= 0.6 is 11.3 Å². The number of nitrogens with zero attached hydrogens (tertiary/aromatic N) is 4. The van der Waals surface area contributed by atoms with Crippen LogP contribution in [0.25, 0.3) is 10.3 Å². The molecule has 0 aliphatic carbocycles. The quantitative estimate of drug-likeness (QED) is 0.427. The largest absolute Gasteiger partial charge is 0.348 e. The van der Waals surface area contributed by atoms with Crippen molar-refractivity contribution in [2.24, 2.45) is 0 Å². The van der Waals surface area contributed by atoms with Crippen LogP contribution in [-0.2, 0) is 6.42 Å². The van der Waals surface area contributed by atoms with Crippen molar-refractivity contribution in [2.75, 3.05) is 5.32 Å². The predicted molar refractivity (Wildman–Crippen MR) is 115 cm³/mol. The number of anilines is 1. The Morgan fingerprint density at radius 3 is 2.83 bits per heavy atom. The number of carbonyl (C=O) groups excluding carboxylic acids is 1. The van der Waals surface area contributed by atoms with Gasteiger partial charge in [-0.05, 0) is 49.6 Å². The van der Waals surface area contributed by atoms with Crippen LogP contribution in [0.2, 0.25) is 0 Å². The van der Waals surface area contributed by atoms with Gasteiger partial charge in [0.1, 0.15) is 16.2 Å². The molecule has 0 aliphatic rings. The van der Waals surface area contributed by atoms with Crippen LogP contribution in [0.4, 0.5) is 10.3 Å². The molecule has 1 N–H and O–H groups in total. The highest BCUT2D eigenvalue weighted by atomic mass is 32.1. The summed E-state index contributed by atoms with van der Waals surface area (Å²) in [5.41, 5.74) is 2.61. The molecule has 0 fully saturated rings. The van der Waals surface area contributed by atoms with E-state index in [1.165, 1.54) is 23.5 Å². The first-order valence-corrected chi connectivity index (χ1v) is 10.4. The van der Waals surface area contributed by atoms with E-state index in [9.17, 15) is 9.18 Å². The Labute approximate surface area is 177 Å². The van der Waals surface area contributed by atoms with Crippen molar-refractivity contribution >= 4 is 33.4 Å². The van der Waals surface area contributed by atoms with Crippen molar-refractivity contribution in [1.82, 2.24) is 19.9 Å². The summed E-state index contributed by atoms with van der Waals surface area (Å²) in [6.07, 6.45) is 4.36. The third-order valence-electron chi connectivity index (χ3n) is 4.68. The van der Waals surface area contributed by atoms with E-state index in [0.717, 1.165) is 16.1 Å². The van der Waals surface area contributed by atoms with E-state index < -0.39 is 0 Å². The van der Waals surface area contributed by atoms with E-state index in [0.29, 0.717) is 34.8 Å². The van der Waals surface area contributed by atoms with Crippen LogP contribution in [0, 0.1) is 12.7 Å². The van der Waals surface area contributed by atoms with Gasteiger partial charge in [0.05, 0.1) is 11.0 Å². The first-order chi connectivity index (χ1) is 14.5. The highest BCUT2D eigenvalue weighted by Crippen LogP contribution is 2.27. The van der Waals surface area contributed by atoms with Gasteiger partial charge in [0.2, 0.25) is 5.95 Å². The lowest BCUT2D eigenvalue weighted by molar-refractivity contribution is 0.0980. The summed E-state index contributed by atoms with van der Waals surface area (Å²) in [7, 11) is 0.